The van der Waals surface area contributed by atoms with E-state index in [2.05, 4.69) is 5.32 Å². The molecule has 3 aromatic carbocycles. The van der Waals surface area contributed by atoms with Crippen LogP contribution in [0.3, 0.4) is 0 Å². The minimum Gasteiger partial charge on any atom is -0.493 e. The van der Waals surface area contributed by atoms with Crippen LogP contribution in [0, 0.1) is 0 Å². The Labute approximate surface area is 279 Å². The summed E-state index contributed by atoms with van der Waals surface area (Å²) in [4.78, 5) is 57.8. The quantitative estimate of drug-likeness (QED) is 0.197. The Balaban J connectivity index is 1.54. The Morgan fingerprint density at radius 1 is 0.979 bits per heavy atom. The maximum atomic E-state index is 13.9. The van der Waals surface area contributed by atoms with Gasteiger partial charge in [-0.25, -0.2) is 0 Å². The minimum absolute atomic E-state index is 0.0387. The van der Waals surface area contributed by atoms with E-state index in [1.807, 2.05) is 30.3 Å². The van der Waals surface area contributed by atoms with E-state index < -0.39 is 30.0 Å². The van der Waals surface area contributed by atoms with E-state index in [-0.39, 0.29) is 56.6 Å². The Bertz CT molecular complexity index is 1630. The van der Waals surface area contributed by atoms with Gasteiger partial charge in [0.25, 0.3) is 5.91 Å². The third-order valence-electron chi connectivity index (χ3n) is 8.58. The Morgan fingerprint density at radius 2 is 1.75 bits per heavy atom. The van der Waals surface area contributed by atoms with Crippen LogP contribution in [0.4, 0.5) is 5.69 Å². The molecule has 2 aliphatic rings. The van der Waals surface area contributed by atoms with Crippen LogP contribution >= 0.6 is 0 Å². The number of methoxy groups -OCH3 is 2. The molecule has 3 amide bonds. The van der Waals surface area contributed by atoms with E-state index in [0.29, 0.717) is 41.3 Å². The number of carbonyl (C=O) groups excluding carboxylic acids is 4. The van der Waals surface area contributed by atoms with Gasteiger partial charge in [-0.05, 0) is 55.3 Å². The largest absolute Gasteiger partial charge is 0.493 e. The first-order valence-corrected chi connectivity index (χ1v) is 16.0. The highest BCUT2D eigenvalue weighted by Crippen LogP contribution is 2.46. The normalized spacial score (nSPS) is 18.1. The molecule has 12 nitrogen and oxygen atoms in total. The standard InChI is InChI=1S/C36H41N3O9/c1-4-47-33(43)21-28-35-34(37-36(44)24-12-15-29(45-2)30(19-24)46-3)26-20-25(48-18-8-17-40)13-14-27(26)39(35)32(42)22-38(28)31(41)16-11-23-9-6-5-7-10-23/h5-7,9-10,12-15,19-20,28,34-35,40H,4,8,11,16-18,21-22H2,1-3H3,(H,37,44)/t28?,34-,35+/m0/s1. The molecule has 48 heavy (non-hydrogen) atoms. The third kappa shape index (κ3) is 7.38. The van der Waals surface area contributed by atoms with Gasteiger partial charge in [-0.15, -0.1) is 0 Å². The molecule has 0 radical (unpaired) electrons. The van der Waals surface area contributed by atoms with Crippen LogP contribution < -0.4 is 24.4 Å². The average Bonchev–Trinajstić information content (AvgIpc) is 3.42. The second-order valence-corrected chi connectivity index (χ2v) is 11.5. The molecule has 0 bridgehead atoms. The fourth-order valence-electron chi connectivity index (χ4n) is 6.36. The second-order valence-electron chi connectivity index (χ2n) is 11.5. The highest BCUT2D eigenvalue weighted by molar-refractivity contribution is 6.03. The molecule has 0 saturated carbocycles. The van der Waals surface area contributed by atoms with Gasteiger partial charge in [0.15, 0.2) is 11.5 Å². The Kier molecular flexibility index (Phi) is 11.2. The lowest BCUT2D eigenvalue weighted by atomic mass is 9.91. The number of hydrogen-bond acceptors (Lipinski definition) is 9. The predicted octanol–water partition coefficient (Wildman–Crippen LogP) is 3.45. The molecule has 5 rings (SSSR count). The van der Waals surface area contributed by atoms with Crippen molar-refractivity contribution in [3.8, 4) is 17.2 Å². The maximum absolute atomic E-state index is 13.9. The number of benzene rings is 3. The number of nitrogens with one attached hydrogen (secondary N) is 1. The lowest BCUT2D eigenvalue weighted by Crippen LogP contribution is -2.65. The van der Waals surface area contributed by atoms with Crippen LogP contribution in [0.2, 0.25) is 0 Å². The molecule has 1 saturated heterocycles. The lowest BCUT2D eigenvalue weighted by molar-refractivity contribution is -0.149. The maximum Gasteiger partial charge on any atom is 0.307 e. The molecule has 0 aliphatic carbocycles. The zero-order valence-corrected chi connectivity index (χ0v) is 27.3. The lowest BCUT2D eigenvalue weighted by Gasteiger charge is -2.45. The van der Waals surface area contributed by atoms with Crippen molar-refractivity contribution in [1.29, 1.82) is 0 Å². The molecule has 3 atom stereocenters. The van der Waals surface area contributed by atoms with Crippen LogP contribution in [-0.2, 0) is 25.5 Å². The van der Waals surface area contributed by atoms with Crippen LogP contribution in [0.25, 0.3) is 0 Å². The number of fused-ring (bicyclic) bond motifs is 3. The SMILES string of the molecule is CCOC(=O)CC1[C@@H]2[C@@H](NC(=O)c3ccc(OC)c(OC)c3)c3cc(OCCCO)ccc3N2C(=O)CN1C(=O)CCc1ccccc1. The molecule has 254 valence electrons. The number of aliphatic hydroxyl groups is 1. The Morgan fingerprint density at radius 3 is 2.46 bits per heavy atom. The van der Waals surface area contributed by atoms with Crippen molar-refractivity contribution in [1.82, 2.24) is 10.2 Å². The summed E-state index contributed by atoms with van der Waals surface area (Å²) in [6, 6.07) is 17.1. The molecule has 12 heteroatoms. The summed E-state index contributed by atoms with van der Waals surface area (Å²) in [6.07, 6.45) is 0.822. The number of nitrogens with zero attached hydrogens (tertiary/aromatic N) is 2. The van der Waals surface area contributed by atoms with Gasteiger partial charge >= 0.3 is 5.97 Å². The van der Waals surface area contributed by atoms with Gasteiger partial charge in [0, 0.05) is 36.3 Å². The first kappa shape index (κ1) is 34.2. The molecule has 0 spiro atoms. The molecular weight excluding hydrogens is 618 g/mol. The van der Waals surface area contributed by atoms with Crippen molar-refractivity contribution in [2.24, 2.45) is 0 Å². The van der Waals surface area contributed by atoms with Gasteiger partial charge in [-0.3, -0.25) is 19.2 Å². The average molecular weight is 660 g/mol. The number of carbonyl (C=O) groups is 4. The summed E-state index contributed by atoms with van der Waals surface area (Å²) in [5.41, 5.74) is 2.39. The van der Waals surface area contributed by atoms with Crippen molar-refractivity contribution >= 4 is 29.4 Å². The molecule has 3 aromatic rings. The number of aliphatic hydroxyl groups excluding tert-OH is 1. The van der Waals surface area contributed by atoms with Crippen LogP contribution in [0.5, 0.6) is 17.2 Å². The van der Waals surface area contributed by atoms with E-state index in [1.54, 1.807) is 48.2 Å². The first-order valence-electron chi connectivity index (χ1n) is 16.0. The summed E-state index contributed by atoms with van der Waals surface area (Å²) < 4.78 is 21.9. The van der Waals surface area contributed by atoms with E-state index >= 15 is 0 Å². The number of amides is 3. The van der Waals surface area contributed by atoms with E-state index in [9.17, 15) is 24.3 Å². The molecule has 0 aromatic heterocycles. The number of piperazine rings is 1. The highest BCUT2D eigenvalue weighted by Gasteiger charge is 2.53. The first-order chi connectivity index (χ1) is 23.3. The summed E-state index contributed by atoms with van der Waals surface area (Å²) >= 11 is 0. The van der Waals surface area contributed by atoms with Crippen molar-refractivity contribution in [3.05, 3.63) is 83.4 Å². The molecular formula is C36H41N3O9. The smallest absolute Gasteiger partial charge is 0.307 e. The summed E-state index contributed by atoms with van der Waals surface area (Å²) in [5, 5.41) is 12.3. The monoisotopic (exact) mass is 659 g/mol. The van der Waals surface area contributed by atoms with Crippen molar-refractivity contribution in [2.75, 3.05) is 45.5 Å². The van der Waals surface area contributed by atoms with Crippen LogP contribution in [0.1, 0.15) is 53.7 Å². The van der Waals surface area contributed by atoms with Crippen LogP contribution in [-0.4, -0.2) is 86.4 Å². The van der Waals surface area contributed by atoms with E-state index in [1.165, 1.54) is 19.1 Å². The zero-order valence-electron chi connectivity index (χ0n) is 27.3. The second kappa shape index (κ2) is 15.7. The minimum atomic E-state index is -0.838. The molecule has 2 aliphatic heterocycles. The topological polar surface area (TPSA) is 144 Å². The summed E-state index contributed by atoms with van der Waals surface area (Å²) in [5.74, 6) is -0.310. The van der Waals surface area contributed by atoms with Gasteiger partial charge in [-0.2, -0.15) is 0 Å². The van der Waals surface area contributed by atoms with Gasteiger partial charge in [0.1, 0.15) is 12.3 Å². The molecule has 2 heterocycles. The summed E-state index contributed by atoms with van der Waals surface area (Å²) in [6.45, 7) is 1.84. The molecule has 1 unspecified atom stereocenters. The number of ether oxygens (including phenoxy) is 4. The van der Waals surface area contributed by atoms with Crippen LogP contribution in [0.15, 0.2) is 66.7 Å². The van der Waals surface area contributed by atoms with Gasteiger partial charge in [0.05, 0.1) is 52.0 Å². The highest BCUT2D eigenvalue weighted by atomic mass is 16.5. The van der Waals surface area contributed by atoms with Gasteiger partial charge in [-0.1, -0.05) is 30.3 Å². The number of hydrogen-bond donors (Lipinski definition) is 2. The van der Waals surface area contributed by atoms with Crippen molar-refractivity contribution in [3.63, 3.8) is 0 Å². The van der Waals surface area contributed by atoms with Gasteiger partial charge < -0.3 is 39.2 Å². The number of aryl methyl sites for hydroxylation is 1. The predicted molar refractivity (Wildman–Crippen MR) is 176 cm³/mol. The molecule has 1 fully saturated rings. The molecule has 2 N–H and O–H groups in total. The summed E-state index contributed by atoms with van der Waals surface area (Å²) in [7, 11) is 2.97. The van der Waals surface area contributed by atoms with Gasteiger partial charge in [0.2, 0.25) is 11.8 Å². The van der Waals surface area contributed by atoms with E-state index in [0.717, 1.165) is 5.56 Å². The number of anilines is 1. The zero-order chi connectivity index (χ0) is 34.2. The van der Waals surface area contributed by atoms with E-state index in [4.69, 9.17) is 18.9 Å². The Hall–Kier alpha value is -5.10. The fraction of sp³-hybridized carbons (Fsp3) is 0.389. The third-order valence-corrected chi connectivity index (χ3v) is 8.58. The number of rotatable bonds is 14. The fourth-order valence-corrected chi connectivity index (χ4v) is 6.36. The number of esters is 1. The van der Waals surface area contributed by atoms with Crippen molar-refractivity contribution in [2.45, 2.75) is 50.7 Å². The van der Waals surface area contributed by atoms with Crippen molar-refractivity contribution < 1.29 is 43.2 Å².